The number of benzene rings is 1. The van der Waals surface area contributed by atoms with Gasteiger partial charge in [-0.1, -0.05) is 17.7 Å². The molecule has 0 atom stereocenters. The highest BCUT2D eigenvalue weighted by molar-refractivity contribution is 7.80. The molecule has 0 aliphatic carbocycles. The average molecular weight is 333 g/mol. The van der Waals surface area contributed by atoms with E-state index in [9.17, 15) is 9.59 Å². The first-order valence-corrected chi connectivity index (χ1v) is 7.05. The van der Waals surface area contributed by atoms with E-state index in [1.807, 2.05) is 0 Å². The normalized spacial score (nSPS) is 17.0. The molecule has 7 heteroatoms. The van der Waals surface area contributed by atoms with Gasteiger partial charge in [-0.3, -0.25) is 19.8 Å². The Balaban J connectivity index is 2.03. The monoisotopic (exact) mass is 332 g/mol. The molecule has 0 saturated carbocycles. The number of anilines is 1. The quantitative estimate of drug-likeness (QED) is 0.522. The second-order valence-electron chi connectivity index (χ2n) is 4.45. The van der Waals surface area contributed by atoms with Gasteiger partial charge in [0.25, 0.3) is 11.8 Å². The molecule has 3 rings (SSSR count). The van der Waals surface area contributed by atoms with Gasteiger partial charge in [0, 0.05) is 5.02 Å². The Hall–Kier alpha value is -2.44. The summed E-state index contributed by atoms with van der Waals surface area (Å²) in [7, 11) is 0. The molecule has 1 aliphatic heterocycles. The Kier molecular flexibility index (Phi) is 3.79. The van der Waals surface area contributed by atoms with E-state index in [1.165, 1.54) is 17.2 Å². The molecule has 2 heterocycles. The van der Waals surface area contributed by atoms with E-state index in [4.69, 9.17) is 28.2 Å². The molecule has 110 valence electrons. The second-order valence-corrected chi connectivity index (χ2v) is 5.28. The van der Waals surface area contributed by atoms with Crippen LogP contribution in [0, 0.1) is 0 Å². The number of amides is 2. The van der Waals surface area contributed by atoms with Crippen molar-refractivity contribution >= 4 is 52.5 Å². The number of hydrogen-bond donors (Lipinski definition) is 1. The first kappa shape index (κ1) is 14.5. The number of carbonyl (C=O) groups is 2. The summed E-state index contributed by atoms with van der Waals surface area (Å²) in [5.41, 5.74) is 0.413. The van der Waals surface area contributed by atoms with E-state index in [0.717, 1.165) is 0 Å². The van der Waals surface area contributed by atoms with Gasteiger partial charge in [-0.2, -0.15) is 0 Å². The SMILES string of the molecule is O=C1NC(=S)N(c2cccc(Cl)c2)C(=O)/C1=C/c1ccco1. The molecular weight excluding hydrogens is 324 g/mol. The summed E-state index contributed by atoms with van der Waals surface area (Å²) < 4.78 is 5.14. The molecule has 1 fully saturated rings. The van der Waals surface area contributed by atoms with E-state index >= 15 is 0 Å². The summed E-state index contributed by atoms with van der Waals surface area (Å²) in [5, 5.41) is 2.95. The highest BCUT2D eigenvalue weighted by Gasteiger charge is 2.34. The maximum absolute atomic E-state index is 12.6. The Morgan fingerprint density at radius 3 is 2.73 bits per heavy atom. The van der Waals surface area contributed by atoms with Crippen molar-refractivity contribution in [2.24, 2.45) is 0 Å². The van der Waals surface area contributed by atoms with Crippen LogP contribution in [0.1, 0.15) is 5.76 Å². The number of nitrogens with zero attached hydrogens (tertiary/aromatic N) is 1. The maximum atomic E-state index is 12.6. The van der Waals surface area contributed by atoms with Crippen LogP contribution in [-0.4, -0.2) is 16.9 Å². The highest BCUT2D eigenvalue weighted by atomic mass is 35.5. The molecule has 0 radical (unpaired) electrons. The number of halogens is 1. The maximum Gasteiger partial charge on any atom is 0.270 e. The third-order valence-electron chi connectivity index (χ3n) is 3.00. The van der Waals surface area contributed by atoms with Crippen LogP contribution >= 0.6 is 23.8 Å². The van der Waals surface area contributed by atoms with Crippen LogP contribution in [0.15, 0.2) is 52.7 Å². The Bertz CT molecular complexity index is 799. The van der Waals surface area contributed by atoms with Gasteiger partial charge in [-0.15, -0.1) is 0 Å². The number of furan rings is 1. The summed E-state index contributed by atoms with van der Waals surface area (Å²) in [6.45, 7) is 0. The van der Waals surface area contributed by atoms with Crippen molar-refractivity contribution in [3.8, 4) is 0 Å². The molecule has 0 unspecified atom stereocenters. The van der Waals surface area contributed by atoms with Crippen molar-refractivity contribution < 1.29 is 14.0 Å². The van der Waals surface area contributed by atoms with E-state index in [0.29, 0.717) is 16.5 Å². The van der Waals surface area contributed by atoms with Crippen molar-refractivity contribution in [2.45, 2.75) is 0 Å². The lowest BCUT2D eigenvalue weighted by Gasteiger charge is -2.28. The van der Waals surface area contributed by atoms with Crippen LogP contribution in [0.4, 0.5) is 5.69 Å². The molecular formula is C15H9ClN2O3S. The van der Waals surface area contributed by atoms with Crippen LogP contribution < -0.4 is 10.2 Å². The Morgan fingerprint density at radius 1 is 1.23 bits per heavy atom. The van der Waals surface area contributed by atoms with E-state index in [1.54, 1.807) is 36.4 Å². The van der Waals surface area contributed by atoms with E-state index in [-0.39, 0.29) is 10.7 Å². The van der Waals surface area contributed by atoms with Crippen molar-refractivity contribution in [1.82, 2.24) is 5.32 Å². The number of nitrogens with one attached hydrogen (secondary N) is 1. The van der Waals surface area contributed by atoms with Gasteiger partial charge >= 0.3 is 0 Å². The third kappa shape index (κ3) is 2.66. The van der Waals surface area contributed by atoms with Crippen LogP contribution in [0.2, 0.25) is 5.02 Å². The van der Waals surface area contributed by atoms with Crippen molar-refractivity contribution in [3.63, 3.8) is 0 Å². The molecule has 1 aromatic heterocycles. The van der Waals surface area contributed by atoms with E-state index in [2.05, 4.69) is 5.32 Å². The summed E-state index contributed by atoms with van der Waals surface area (Å²) in [5.74, 6) is -0.700. The number of hydrogen-bond acceptors (Lipinski definition) is 4. The average Bonchev–Trinajstić information content (AvgIpc) is 2.96. The lowest BCUT2D eigenvalue weighted by molar-refractivity contribution is -0.122. The zero-order valence-electron chi connectivity index (χ0n) is 11.1. The third-order valence-corrected chi connectivity index (χ3v) is 3.52. The molecule has 2 amide bonds. The standard InChI is InChI=1S/C15H9ClN2O3S/c16-9-3-1-4-10(7-9)18-14(20)12(13(19)17-15(18)22)8-11-5-2-6-21-11/h1-8H,(H,17,19,22)/b12-8+. The fraction of sp³-hybridized carbons (Fsp3) is 0. The van der Waals surface area contributed by atoms with Crippen LogP contribution in [0.5, 0.6) is 0 Å². The topological polar surface area (TPSA) is 62.6 Å². The number of thiocarbonyl (C=S) groups is 1. The predicted octanol–water partition coefficient (Wildman–Crippen LogP) is 2.76. The molecule has 2 aromatic rings. The van der Waals surface area contributed by atoms with Gasteiger partial charge in [-0.25, -0.2) is 0 Å². The summed E-state index contributed by atoms with van der Waals surface area (Å²) in [6.07, 6.45) is 2.83. The predicted molar refractivity (Wildman–Crippen MR) is 86.4 cm³/mol. The summed E-state index contributed by atoms with van der Waals surface area (Å²) in [4.78, 5) is 25.8. The van der Waals surface area contributed by atoms with E-state index < -0.39 is 11.8 Å². The molecule has 0 spiro atoms. The summed E-state index contributed by atoms with van der Waals surface area (Å²) >= 11 is 11.0. The second kappa shape index (κ2) is 5.75. The fourth-order valence-corrected chi connectivity index (χ4v) is 2.49. The first-order chi connectivity index (χ1) is 10.6. The molecule has 0 bridgehead atoms. The minimum atomic E-state index is -0.565. The van der Waals surface area contributed by atoms with Gasteiger partial charge in [0.05, 0.1) is 12.0 Å². The van der Waals surface area contributed by atoms with Gasteiger partial charge in [0.2, 0.25) is 0 Å². The molecule has 1 aromatic carbocycles. The smallest absolute Gasteiger partial charge is 0.270 e. The molecule has 1 saturated heterocycles. The van der Waals surface area contributed by atoms with Crippen molar-refractivity contribution in [2.75, 3.05) is 4.90 Å². The number of carbonyl (C=O) groups excluding carboxylic acids is 2. The molecule has 1 aliphatic rings. The largest absolute Gasteiger partial charge is 0.465 e. The first-order valence-electron chi connectivity index (χ1n) is 6.27. The van der Waals surface area contributed by atoms with Gasteiger partial charge < -0.3 is 4.42 Å². The number of rotatable bonds is 2. The zero-order chi connectivity index (χ0) is 15.7. The lowest BCUT2D eigenvalue weighted by atomic mass is 10.1. The fourth-order valence-electron chi connectivity index (χ4n) is 2.02. The molecule has 22 heavy (non-hydrogen) atoms. The van der Waals surface area contributed by atoms with Crippen LogP contribution in [-0.2, 0) is 9.59 Å². The van der Waals surface area contributed by atoms with Crippen molar-refractivity contribution in [1.29, 1.82) is 0 Å². The van der Waals surface area contributed by atoms with Crippen LogP contribution in [0.25, 0.3) is 6.08 Å². The Morgan fingerprint density at radius 2 is 2.05 bits per heavy atom. The minimum absolute atomic E-state index is 0.00821. The Labute approximate surface area is 136 Å². The molecule has 5 nitrogen and oxygen atoms in total. The van der Waals surface area contributed by atoms with Crippen molar-refractivity contribution in [3.05, 3.63) is 59.0 Å². The summed E-state index contributed by atoms with van der Waals surface area (Å²) in [6, 6.07) is 9.95. The minimum Gasteiger partial charge on any atom is -0.465 e. The van der Waals surface area contributed by atoms with Crippen LogP contribution in [0.3, 0.4) is 0 Å². The van der Waals surface area contributed by atoms with Gasteiger partial charge in [0.1, 0.15) is 11.3 Å². The molecule has 1 N–H and O–H groups in total. The van der Waals surface area contributed by atoms with Gasteiger partial charge in [0.15, 0.2) is 5.11 Å². The lowest BCUT2D eigenvalue weighted by Crippen LogP contribution is -2.54. The highest BCUT2D eigenvalue weighted by Crippen LogP contribution is 2.24. The van der Waals surface area contributed by atoms with Gasteiger partial charge in [-0.05, 0) is 48.6 Å². The zero-order valence-corrected chi connectivity index (χ0v) is 12.6.